The van der Waals surface area contributed by atoms with E-state index in [1.165, 1.54) is 16.8 Å². The number of carboxylic acids is 1. The minimum absolute atomic E-state index is 0.156. The highest BCUT2D eigenvalue weighted by Gasteiger charge is 2.57. The number of aromatic nitrogens is 3. The van der Waals surface area contributed by atoms with Crippen molar-refractivity contribution in [2.24, 2.45) is 18.9 Å². The maximum atomic E-state index is 15.6. The molecule has 4 aromatic rings. The normalized spacial score (nSPS) is 20.4. The molecular formula is C30H28F2N6O3. The topological polar surface area (TPSA) is 104 Å². The zero-order valence-electron chi connectivity index (χ0n) is 23.0. The zero-order valence-corrected chi connectivity index (χ0v) is 23.0. The third kappa shape index (κ3) is 3.61. The molecule has 1 saturated heterocycles. The van der Waals surface area contributed by atoms with Crippen molar-refractivity contribution < 1.29 is 18.7 Å². The van der Waals surface area contributed by atoms with Gasteiger partial charge in [0.1, 0.15) is 11.2 Å². The maximum absolute atomic E-state index is 15.6. The summed E-state index contributed by atoms with van der Waals surface area (Å²) in [6.45, 7) is 1.49. The van der Waals surface area contributed by atoms with E-state index in [1.807, 2.05) is 0 Å². The minimum Gasteiger partial charge on any atom is -0.477 e. The van der Waals surface area contributed by atoms with Gasteiger partial charge in [0.05, 0.1) is 16.8 Å². The first-order chi connectivity index (χ1) is 19.6. The van der Waals surface area contributed by atoms with Crippen molar-refractivity contribution in [2.45, 2.75) is 12.5 Å². The third-order valence-corrected chi connectivity index (χ3v) is 8.94. The summed E-state index contributed by atoms with van der Waals surface area (Å²) in [5, 5.41) is 12.7. The largest absolute Gasteiger partial charge is 0.477 e. The number of aromatic carboxylic acids is 1. The molecular weight excluding hydrogens is 530 g/mol. The number of nitrogens with zero attached hydrogens (tertiary/aromatic N) is 5. The van der Waals surface area contributed by atoms with Crippen LogP contribution in [-0.4, -0.2) is 70.8 Å². The number of hydrogen-bond acceptors (Lipinski definition) is 7. The Kier molecular flexibility index (Phi) is 5.50. The highest BCUT2D eigenvalue weighted by Crippen LogP contribution is 2.55. The number of nitrogens with one attached hydrogen (secondary N) is 1. The molecule has 0 radical (unpaired) electrons. The molecule has 0 bridgehead atoms. The van der Waals surface area contributed by atoms with Gasteiger partial charge in [-0.1, -0.05) is 0 Å². The highest BCUT2D eigenvalue weighted by atomic mass is 19.2. The molecule has 7 rings (SSSR count). The molecule has 41 heavy (non-hydrogen) atoms. The van der Waals surface area contributed by atoms with Gasteiger partial charge in [-0.25, -0.2) is 18.6 Å². The lowest BCUT2D eigenvalue weighted by atomic mass is 9.97. The van der Waals surface area contributed by atoms with Crippen molar-refractivity contribution in [1.29, 1.82) is 0 Å². The van der Waals surface area contributed by atoms with E-state index >= 15 is 4.39 Å². The summed E-state index contributed by atoms with van der Waals surface area (Å²) < 4.78 is 32.0. The van der Waals surface area contributed by atoms with E-state index in [1.54, 1.807) is 32.6 Å². The molecule has 1 saturated carbocycles. The van der Waals surface area contributed by atoms with Crippen LogP contribution in [-0.2, 0) is 13.5 Å². The summed E-state index contributed by atoms with van der Waals surface area (Å²) in [5.41, 5.74) is 3.84. The van der Waals surface area contributed by atoms with Crippen LogP contribution in [0.1, 0.15) is 21.6 Å². The van der Waals surface area contributed by atoms with E-state index in [2.05, 4.69) is 34.2 Å². The van der Waals surface area contributed by atoms with Crippen LogP contribution in [0.25, 0.3) is 33.3 Å². The minimum atomic E-state index is -1.32. The molecule has 1 unspecified atom stereocenters. The monoisotopic (exact) mass is 558 g/mol. The molecule has 11 heteroatoms. The van der Waals surface area contributed by atoms with E-state index in [4.69, 9.17) is 4.98 Å². The van der Waals surface area contributed by atoms with Crippen molar-refractivity contribution in [2.75, 3.05) is 44.4 Å². The summed E-state index contributed by atoms with van der Waals surface area (Å²) in [4.78, 5) is 38.6. The van der Waals surface area contributed by atoms with Crippen LogP contribution < -0.4 is 15.6 Å². The summed E-state index contributed by atoms with van der Waals surface area (Å²) >= 11 is 0. The van der Waals surface area contributed by atoms with Gasteiger partial charge in [0.2, 0.25) is 5.43 Å². The molecule has 0 spiro atoms. The number of carbonyl (C=O) groups is 1. The molecule has 2 fully saturated rings. The van der Waals surface area contributed by atoms with Gasteiger partial charge in [0.15, 0.2) is 11.6 Å². The number of benzene rings is 1. The van der Waals surface area contributed by atoms with Crippen LogP contribution in [0, 0.1) is 23.5 Å². The van der Waals surface area contributed by atoms with Crippen molar-refractivity contribution in [3.63, 3.8) is 0 Å². The van der Waals surface area contributed by atoms with Crippen LogP contribution >= 0.6 is 0 Å². The lowest BCUT2D eigenvalue weighted by Gasteiger charge is -2.29. The Morgan fingerprint density at radius 2 is 1.85 bits per heavy atom. The third-order valence-electron chi connectivity index (χ3n) is 8.94. The van der Waals surface area contributed by atoms with Crippen molar-refractivity contribution >= 4 is 28.4 Å². The van der Waals surface area contributed by atoms with Crippen LogP contribution in [0.5, 0.6) is 0 Å². The average Bonchev–Trinajstić information content (AvgIpc) is 3.26. The fourth-order valence-corrected chi connectivity index (χ4v) is 7.08. The number of halogens is 2. The molecule has 0 amide bonds. The van der Waals surface area contributed by atoms with Gasteiger partial charge in [-0.2, -0.15) is 0 Å². The van der Waals surface area contributed by atoms with Gasteiger partial charge in [-0.15, -0.1) is 0 Å². The van der Waals surface area contributed by atoms with Crippen LogP contribution in [0.4, 0.5) is 20.2 Å². The Balaban J connectivity index is 1.47. The van der Waals surface area contributed by atoms with E-state index in [9.17, 15) is 19.1 Å². The van der Waals surface area contributed by atoms with Crippen molar-refractivity contribution in [3.05, 3.63) is 69.4 Å². The second kappa shape index (κ2) is 8.81. The summed E-state index contributed by atoms with van der Waals surface area (Å²) in [6.07, 6.45) is 4.93. The lowest BCUT2D eigenvalue weighted by molar-refractivity contribution is 0.0695. The standard InChI is InChI=1S/C30H28F2N6O3/c1-33-21-7-20(31)25(32)23-14(21)6-22-24(23)27(38-11-17-18(12-38)26(17)36(2)3)16(9-34-22)13-5-15-28(39)19(30(40)41)10-37(4)29(15)35-8-13/h5,7-10,17-18,26,33H,6,11-12H2,1-4H3,(H,40,41)/t17-,18+,26?. The summed E-state index contributed by atoms with van der Waals surface area (Å²) in [7, 11) is 7.46. The van der Waals surface area contributed by atoms with E-state index in [0.717, 1.165) is 18.8 Å². The summed E-state index contributed by atoms with van der Waals surface area (Å²) in [5.74, 6) is -2.27. The van der Waals surface area contributed by atoms with E-state index in [0.29, 0.717) is 63.6 Å². The van der Waals surface area contributed by atoms with Crippen molar-refractivity contribution in [3.8, 4) is 22.3 Å². The first kappa shape index (κ1) is 25.6. The van der Waals surface area contributed by atoms with Gasteiger partial charge in [-0.3, -0.25) is 9.78 Å². The fourth-order valence-electron chi connectivity index (χ4n) is 7.08. The van der Waals surface area contributed by atoms with Gasteiger partial charge in [-0.05, 0) is 37.6 Å². The Hall–Kier alpha value is -4.38. The number of pyridine rings is 3. The maximum Gasteiger partial charge on any atom is 0.341 e. The molecule has 4 heterocycles. The molecule has 3 aliphatic rings. The van der Waals surface area contributed by atoms with Gasteiger partial charge in [0, 0.05) is 92.2 Å². The first-order valence-corrected chi connectivity index (χ1v) is 13.5. The Labute approximate surface area is 234 Å². The molecule has 2 N–H and O–H groups in total. The van der Waals surface area contributed by atoms with Crippen LogP contribution in [0.3, 0.4) is 0 Å². The number of aryl methyl sites for hydroxylation is 1. The lowest BCUT2D eigenvalue weighted by Crippen LogP contribution is -2.31. The van der Waals surface area contributed by atoms with Gasteiger partial charge >= 0.3 is 5.97 Å². The molecule has 210 valence electrons. The smallest absolute Gasteiger partial charge is 0.341 e. The molecule has 2 aliphatic carbocycles. The van der Waals surface area contributed by atoms with Gasteiger partial charge in [0.25, 0.3) is 0 Å². The molecule has 1 aliphatic heterocycles. The van der Waals surface area contributed by atoms with Crippen LogP contribution in [0.2, 0.25) is 0 Å². The SMILES string of the molecule is CNc1cc(F)c(F)c2c1Cc1ncc(-c3cnc4c(c3)c(=O)c(C(=O)O)cn4C)c(N3C[C@@H]4C(N(C)C)[C@@H]4C3)c1-2. The zero-order chi connectivity index (χ0) is 28.9. The second-order valence-corrected chi connectivity index (χ2v) is 11.4. The molecule has 9 nitrogen and oxygen atoms in total. The Morgan fingerprint density at radius 3 is 2.51 bits per heavy atom. The Bertz CT molecular complexity index is 1860. The quantitative estimate of drug-likeness (QED) is 0.338. The molecule has 3 atom stereocenters. The summed E-state index contributed by atoms with van der Waals surface area (Å²) in [6, 6.07) is 3.28. The second-order valence-electron chi connectivity index (χ2n) is 11.4. The van der Waals surface area contributed by atoms with E-state index in [-0.39, 0.29) is 16.5 Å². The van der Waals surface area contributed by atoms with Gasteiger partial charge < -0.3 is 24.8 Å². The fraction of sp³-hybridized carbons (Fsp3) is 0.333. The number of carboxylic acid groups (broad SMARTS) is 1. The van der Waals surface area contributed by atoms with Crippen LogP contribution in [0.15, 0.2) is 35.5 Å². The average molecular weight is 559 g/mol. The predicted molar refractivity (Wildman–Crippen MR) is 152 cm³/mol. The number of anilines is 2. The van der Waals surface area contributed by atoms with E-state index < -0.39 is 23.0 Å². The number of fused-ring (bicyclic) bond motifs is 5. The number of piperidine rings is 1. The Morgan fingerprint density at radius 1 is 1.12 bits per heavy atom. The molecule has 3 aromatic heterocycles. The predicted octanol–water partition coefficient (Wildman–Crippen LogP) is 3.58. The number of hydrogen-bond donors (Lipinski definition) is 2. The number of rotatable bonds is 5. The first-order valence-electron chi connectivity index (χ1n) is 13.5. The highest BCUT2D eigenvalue weighted by molar-refractivity contribution is 5.98. The molecule has 1 aromatic carbocycles. The van der Waals surface area contributed by atoms with Crippen molar-refractivity contribution in [1.82, 2.24) is 19.4 Å².